The third-order valence-electron chi connectivity index (χ3n) is 3.90. The Morgan fingerprint density at radius 3 is 2.13 bits per heavy atom. The minimum Gasteiger partial charge on any atom is -0.480 e. The first kappa shape index (κ1) is 28.3. The van der Waals surface area contributed by atoms with Crippen molar-refractivity contribution >= 4 is 47.3 Å². The van der Waals surface area contributed by atoms with Crippen molar-refractivity contribution in [2.24, 2.45) is 11.7 Å². The number of hydrogen-bond donors (Lipinski definition) is 5. The summed E-state index contributed by atoms with van der Waals surface area (Å²) >= 11 is 0.875. The number of nitrogens with one attached hydrogen (secondary N) is 2. The number of aliphatic carboxylic acids is 2. The number of nitrogens with two attached hydrogens (primary N) is 1. The van der Waals surface area contributed by atoms with Crippen molar-refractivity contribution in [3.8, 4) is 0 Å². The molecule has 0 aliphatic heterocycles. The second-order valence-corrected chi connectivity index (χ2v) is 7.86. The van der Waals surface area contributed by atoms with E-state index >= 15 is 0 Å². The molecule has 6 N–H and O–H groups in total. The second kappa shape index (κ2) is 14.4. The van der Waals surface area contributed by atoms with E-state index in [9.17, 15) is 33.9 Å². The largest absolute Gasteiger partial charge is 0.480 e. The molecule has 0 aromatic carbocycles. The molecule has 0 bridgehead atoms. The highest BCUT2D eigenvalue weighted by Gasteiger charge is 2.29. The van der Waals surface area contributed by atoms with Crippen LogP contribution in [0.1, 0.15) is 33.6 Å². The molecule has 0 aliphatic rings. The molecule has 0 saturated carbocycles. The van der Waals surface area contributed by atoms with Gasteiger partial charge in [0.2, 0.25) is 17.6 Å². The molecule has 0 aromatic heterocycles. The Morgan fingerprint density at radius 1 is 1.03 bits per heavy atom. The Bertz CT molecular complexity index is 684. The maximum Gasteiger partial charge on any atom is 0.375 e. The number of Topliss-reactive ketones (excluding diaryl/α,β-unsaturated/α-hetero) is 1. The lowest BCUT2D eigenvalue weighted by Gasteiger charge is -2.23. The van der Waals surface area contributed by atoms with Crippen molar-refractivity contribution in [2.75, 3.05) is 18.1 Å². The number of ketones is 1. The second-order valence-electron chi connectivity index (χ2n) is 6.83. The number of carbonyl (C=O) groups is 6. The van der Waals surface area contributed by atoms with Gasteiger partial charge in [0.25, 0.3) is 0 Å². The van der Waals surface area contributed by atoms with Crippen molar-refractivity contribution < 1.29 is 43.7 Å². The Labute approximate surface area is 183 Å². The lowest BCUT2D eigenvalue weighted by Crippen LogP contribution is -2.54. The molecule has 0 radical (unpaired) electrons. The number of ether oxygens (including phenoxy) is 1. The molecule has 13 heteroatoms. The van der Waals surface area contributed by atoms with Crippen LogP contribution in [0.4, 0.5) is 0 Å². The molecule has 0 saturated heterocycles. The minimum atomic E-state index is -1.28. The van der Waals surface area contributed by atoms with Crippen molar-refractivity contribution in [1.29, 1.82) is 0 Å². The highest BCUT2D eigenvalue weighted by Crippen LogP contribution is 2.08. The molecule has 31 heavy (non-hydrogen) atoms. The summed E-state index contributed by atoms with van der Waals surface area (Å²) in [6, 6.07) is -3.69. The van der Waals surface area contributed by atoms with E-state index < -0.39 is 59.5 Å². The molecule has 2 amide bonds. The van der Waals surface area contributed by atoms with Crippen LogP contribution in [0.25, 0.3) is 0 Å². The molecule has 0 aliphatic carbocycles. The molecule has 0 fully saturated rings. The molecule has 0 aromatic rings. The van der Waals surface area contributed by atoms with Crippen molar-refractivity contribution in [2.45, 2.75) is 51.7 Å². The maximum absolute atomic E-state index is 12.6. The summed E-state index contributed by atoms with van der Waals surface area (Å²) < 4.78 is 4.58. The predicted octanol–water partition coefficient (Wildman–Crippen LogP) is -1.25. The summed E-state index contributed by atoms with van der Waals surface area (Å²) in [6.07, 6.45) is -0.454. The molecule has 0 spiro atoms. The summed E-state index contributed by atoms with van der Waals surface area (Å²) in [5, 5.41) is 22.7. The average molecular weight is 464 g/mol. The molecule has 3 unspecified atom stereocenters. The number of amides is 2. The normalized spacial score (nSPS) is 13.6. The van der Waals surface area contributed by atoms with E-state index in [2.05, 4.69) is 15.4 Å². The van der Waals surface area contributed by atoms with Gasteiger partial charge in [0.15, 0.2) is 0 Å². The SMILES string of the molecule is CCOC(=O)C(=O)CSCC(NC(=O)CCC(N)C(=O)O)C(=O)NC(C(=O)O)C(C)C. The van der Waals surface area contributed by atoms with Gasteiger partial charge in [-0.25, -0.2) is 9.59 Å². The van der Waals surface area contributed by atoms with E-state index in [0.29, 0.717) is 0 Å². The Kier molecular flexibility index (Phi) is 13.1. The van der Waals surface area contributed by atoms with E-state index in [1.165, 1.54) is 6.92 Å². The van der Waals surface area contributed by atoms with Crippen LogP contribution in [0.5, 0.6) is 0 Å². The molecular weight excluding hydrogens is 434 g/mol. The quantitative estimate of drug-likeness (QED) is 0.143. The standard InChI is InChI=1S/C18H29N3O9S/c1-4-30-18(29)12(22)8-31-7-11(15(24)21-14(9(2)3)17(27)28)20-13(23)6-5-10(19)16(25)26/h9-11,14H,4-8,19H2,1-3H3,(H,20,23)(H,21,24)(H,25,26)(H,27,28). The molecular formula is C18H29N3O9S. The zero-order chi connectivity index (χ0) is 24.1. The van der Waals surface area contributed by atoms with Crippen LogP contribution in [0.2, 0.25) is 0 Å². The third kappa shape index (κ3) is 11.3. The van der Waals surface area contributed by atoms with Crippen molar-refractivity contribution in [3.63, 3.8) is 0 Å². The first-order valence-electron chi connectivity index (χ1n) is 9.49. The van der Waals surface area contributed by atoms with E-state index in [-0.39, 0.29) is 31.0 Å². The predicted molar refractivity (Wildman–Crippen MR) is 110 cm³/mol. The summed E-state index contributed by atoms with van der Waals surface area (Å²) in [6.45, 7) is 4.75. The number of rotatable bonds is 15. The molecule has 12 nitrogen and oxygen atoms in total. The van der Waals surface area contributed by atoms with Crippen LogP contribution >= 0.6 is 11.8 Å². The van der Waals surface area contributed by atoms with Gasteiger partial charge in [0.1, 0.15) is 18.1 Å². The fourth-order valence-electron chi connectivity index (χ4n) is 2.17. The lowest BCUT2D eigenvalue weighted by atomic mass is 10.0. The van der Waals surface area contributed by atoms with Gasteiger partial charge >= 0.3 is 17.9 Å². The Hall–Kier alpha value is -2.67. The highest BCUT2D eigenvalue weighted by molar-refractivity contribution is 8.00. The van der Waals surface area contributed by atoms with Gasteiger partial charge in [-0.2, -0.15) is 11.8 Å². The summed E-state index contributed by atoms with van der Waals surface area (Å²) in [7, 11) is 0. The first-order valence-corrected chi connectivity index (χ1v) is 10.6. The van der Waals surface area contributed by atoms with Gasteiger partial charge in [-0.15, -0.1) is 0 Å². The van der Waals surface area contributed by atoms with Crippen LogP contribution < -0.4 is 16.4 Å². The monoisotopic (exact) mass is 463 g/mol. The van der Waals surface area contributed by atoms with Gasteiger partial charge in [0, 0.05) is 12.2 Å². The number of carboxylic acid groups (broad SMARTS) is 2. The molecule has 176 valence electrons. The number of hydrogen-bond acceptors (Lipinski definition) is 9. The third-order valence-corrected chi connectivity index (χ3v) is 4.94. The highest BCUT2D eigenvalue weighted by atomic mass is 32.2. The van der Waals surface area contributed by atoms with Gasteiger partial charge in [0.05, 0.1) is 12.4 Å². The topological polar surface area (TPSA) is 202 Å². The summed E-state index contributed by atoms with van der Waals surface area (Å²) in [5.74, 6) is -6.75. The van der Waals surface area contributed by atoms with Gasteiger partial charge in [-0.3, -0.25) is 19.2 Å². The first-order chi connectivity index (χ1) is 14.4. The van der Waals surface area contributed by atoms with Gasteiger partial charge in [-0.05, 0) is 19.3 Å². The van der Waals surface area contributed by atoms with Gasteiger partial charge < -0.3 is 31.3 Å². The zero-order valence-electron chi connectivity index (χ0n) is 17.6. The summed E-state index contributed by atoms with van der Waals surface area (Å²) in [5.41, 5.74) is 5.34. The molecule has 0 rings (SSSR count). The Balaban J connectivity index is 5.10. The van der Waals surface area contributed by atoms with Crippen LogP contribution in [0.3, 0.4) is 0 Å². The smallest absolute Gasteiger partial charge is 0.375 e. The fraction of sp³-hybridized carbons (Fsp3) is 0.667. The van der Waals surface area contributed by atoms with Crippen molar-refractivity contribution in [1.82, 2.24) is 10.6 Å². The van der Waals surface area contributed by atoms with E-state index in [1.807, 2.05) is 0 Å². The number of esters is 1. The maximum atomic E-state index is 12.6. The average Bonchev–Trinajstić information content (AvgIpc) is 2.68. The number of carbonyl (C=O) groups excluding carboxylic acids is 4. The molecule has 3 atom stereocenters. The van der Waals surface area contributed by atoms with Crippen molar-refractivity contribution in [3.05, 3.63) is 0 Å². The van der Waals surface area contributed by atoms with Crippen LogP contribution in [-0.4, -0.2) is 82.0 Å². The molecule has 0 heterocycles. The lowest BCUT2D eigenvalue weighted by molar-refractivity contribution is -0.152. The minimum absolute atomic E-state index is 0.0284. The Morgan fingerprint density at radius 2 is 1.65 bits per heavy atom. The fourth-order valence-corrected chi connectivity index (χ4v) is 3.06. The van der Waals surface area contributed by atoms with E-state index in [0.717, 1.165) is 11.8 Å². The number of thioether (sulfide) groups is 1. The summed E-state index contributed by atoms with van der Waals surface area (Å²) in [4.78, 5) is 69.8. The van der Waals surface area contributed by atoms with Gasteiger partial charge in [-0.1, -0.05) is 13.8 Å². The van der Waals surface area contributed by atoms with E-state index in [1.54, 1.807) is 13.8 Å². The zero-order valence-corrected chi connectivity index (χ0v) is 18.4. The van der Waals surface area contributed by atoms with Crippen LogP contribution in [0.15, 0.2) is 0 Å². The number of carboxylic acids is 2. The van der Waals surface area contributed by atoms with Crippen LogP contribution in [-0.2, 0) is 33.5 Å². The van der Waals surface area contributed by atoms with E-state index in [4.69, 9.17) is 10.8 Å². The van der Waals surface area contributed by atoms with Crippen LogP contribution in [0, 0.1) is 5.92 Å².